The molecule has 4 N–H and O–H groups in total. The number of hydrogen-bond acceptors (Lipinski definition) is 3. The highest BCUT2D eigenvalue weighted by Crippen LogP contribution is 2.39. The Hall–Kier alpha value is -0.610. The predicted octanol–water partition coefficient (Wildman–Crippen LogP) is 1.09. The zero-order valence-electron chi connectivity index (χ0n) is 11.8. The Morgan fingerprint density at radius 3 is 2.47 bits per heavy atom. The van der Waals surface area contributed by atoms with Gasteiger partial charge in [-0.25, -0.2) is 0 Å². The maximum Gasteiger partial charge on any atom is 0.237 e. The van der Waals surface area contributed by atoms with Gasteiger partial charge in [0.05, 0.1) is 5.54 Å². The molecular formula is C15H27N3O. The Bertz CT molecular complexity index is 347. The van der Waals surface area contributed by atoms with Gasteiger partial charge in [-0.15, -0.1) is 0 Å². The normalized spacial score (nSPS) is 42.7. The average Bonchev–Trinajstić information content (AvgIpc) is 3.00. The van der Waals surface area contributed by atoms with E-state index in [1.54, 1.807) is 0 Å². The van der Waals surface area contributed by atoms with Crippen LogP contribution in [0.1, 0.15) is 44.9 Å². The molecule has 3 rings (SSSR count). The zero-order valence-corrected chi connectivity index (χ0v) is 11.8. The average molecular weight is 265 g/mol. The Morgan fingerprint density at radius 1 is 1.16 bits per heavy atom. The van der Waals surface area contributed by atoms with Gasteiger partial charge in [0.25, 0.3) is 0 Å². The van der Waals surface area contributed by atoms with Crippen molar-refractivity contribution >= 4 is 5.91 Å². The number of nitrogens with two attached hydrogens (primary N) is 2. The van der Waals surface area contributed by atoms with Gasteiger partial charge in [0.2, 0.25) is 5.91 Å². The first kappa shape index (κ1) is 13.4. The summed E-state index contributed by atoms with van der Waals surface area (Å²) in [6.07, 6.45) is 8.21. The highest BCUT2D eigenvalue weighted by molar-refractivity contribution is 5.85. The lowest BCUT2D eigenvalue weighted by Crippen LogP contribution is -2.55. The van der Waals surface area contributed by atoms with E-state index in [0.717, 1.165) is 44.1 Å². The fraction of sp³-hybridized carbons (Fsp3) is 0.933. The maximum absolute atomic E-state index is 11.6. The molecule has 3 aliphatic rings. The Balaban J connectivity index is 1.51. The van der Waals surface area contributed by atoms with Crippen LogP contribution in [-0.4, -0.2) is 36.0 Å². The molecule has 4 nitrogen and oxygen atoms in total. The monoisotopic (exact) mass is 265 g/mol. The summed E-state index contributed by atoms with van der Waals surface area (Å²) in [5.74, 6) is 1.89. The first-order valence-corrected chi connectivity index (χ1v) is 7.91. The third-order valence-corrected chi connectivity index (χ3v) is 5.93. The van der Waals surface area contributed by atoms with Crippen molar-refractivity contribution in [2.24, 2.45) is 29.2 Å². The van der Waals surface area contributed by atoms with E-state index in [-0.39, 0.29) is 5.91 Å². The molecule has 1 heterocycles. The van der Waals surface area contributed by atoms with Crippen LogP contribution in [0.25, 0.3) is 0 Å². The number of likely N-dealkylation sites (tertiary alicyclic amines) is 1. The SMILES string of the molecule is NC(=O)C1(N)CCCC1CCN1CC2CCCC2C1. The van der Waals surface area contributed by atoms with E-state index in [1.165, 1.54) is 32.4 Å². The van der Waals surface area contributed by atoms with Gasteiger partial charge in [0.15, 0.2) is 0 Å². The number of carbonyl (C=O) groups is 1. The van der Waals surface area contributed by atoms with E-state index in [0.29, 0.717) is 5.92 Å². The Kier molecular flexibility index (Phi) is 3.56. The summed E-state index contributed by atoms with van der Waals surface area (Å²) in [5.41, 5.74) is 11.0. The minimum atomic E-state index is -0.727. The maximum atomic E-state index is 11.6. The number of rotatable bonds is 4. The van der Waals surface area contributed by atoms with Crippen LogP contribution < -0.4 is 11.5 Å². The summed E-state index contributed by atoms with van der Waals surface area (Å²) in [5, 5.41) is 0. The highest BCUT2D eigenvalue weighted by atomic mass is 16.1. The number of primary amides is 1. The topological polar surface area (TPSA) is 72.3 Å². The van der Waals surface area contributed by atoms with Crippen molar-refractivity contribution in [2.45, 2.75) is 50.5 Å². The molecule has 19 heavy (non-hydrogen) atoms. The van der Waals surface area contributed by atoms with Crippen LogP contribution in [0, 0.1) is 17.8 Å². The predicted molar refractivity (Wildman–Crippen MR) is 75.3 cm³/mol. The van der Waals surface area contributed by atoms with Gasteiger partial charge >= 0.3 is 0 Å². The van der Waals surface area contributed by atoms with Crippen molar-refractivity contribution in [3.05, 3.63) is 0 Å². The second kappa shape index (κ2) is 5.06. The highest BCUT2D eigenvalue weighted by Gasteiger charge is 2.44. The van der Waals surface area contributed by atoms with Crippen LogP contribution in [0.2, 0.25) is 0 Å². The molecule has 1 saturated heterocycles. The van der Waals surface area contributed by atoms with E-state index in [2.05, 4.69) is 4.90 Å². The number of fused-ring (bicyclic) bond motifs is 1. The van der Waals surface area contributed by atoms with Crippen molar-refractivity contribution in [2.75, 3.05) is 19.6 Å². The largest absolute Gasteiger partial charge is 0.368 e. The van der Waals surface area contributed by atoms with Gasteiger partial charge in [-0.05, 0) is 56.4 Å². The van der Waals surface area contributed by atoms with Gasteiger partial charge in [0, 0.05) is 13.1 Å². The fourth-order valence-corrected chi connectivity index (χ4v) is 4.68. The molecule has 4 heteroatoms. The number of hydrogen-bond donors (Lipinski definition) is 2. The van der Waals surface area contributed by atoms with Crippen LogP contribution in [0.15, 0.2) is 0 Å². The zero-order chi connectivity index (χ0) is 13.5. The van der Waals surface area contributed by atoms with E-state index < -0.39 is 5.54 Å². The van der Waals surface area contributed by atoms with E-state index >= 15 is 0 Å². The third-order valence-electron chi connectivity index (χ3n) is 5.93. The molecule has 4 unspecified atom stereocenters. The van der Waals surface area contributed by atoms with Crippen LogP contribution >= 0.6 is 0 Å². The molecule has 2 saturated carbocycles. The van der Waals surface area contributed by atoms with Crippen LogP contribution in [0.5, 0.6) is 0 Å². The summed E-state index contributed by atoms with van der Waals surface area (Å²) in [6.45, 7) is 3.64. The quantitative estimate of drug-likeness (QED) is 0.799. The van der Waals surface area contributed by atoms with Crippen LogP contribution in [0.3, 0.4) is 0 Å². The van der Waals surface area contributed by atoms with Gasteiger partial charge in [-0.2, -0.15) is 0 Å². The van der Waals surface area contributed by atoms with Crippen LogP contribution in [-0.2, 0) is 4.79 Å². The second-order valence-corrected chi connectivity index (χ2v) is 6.99. The summed E-state index contributed by atoms with van der Waals surface area (Å²) in [4.78, 5) is 14.2. The van der Waals surface area contributed by atoms with E-state index in [4.69, 9.17) is 11.5 Å². The molecule has 0 aromatic heterocycles. The molecular weight excluding hydrogens is 238 g/mol. The molecule has 0 aromatic rings. The first-order valence-electron chi connectivity index (χ1n) is 7.91. The molecule has 2 aliphatic carbocycles. The molecule has 0 spiro atoms. The third kappa shape index (κ3) is 2.40. The molecule has 0 bridgehead atoms. The molecule has 1 aliphatic heterocycles. The summed E-state index contributed by atoms with van der Waals surface area (Å²) < 4.78 is 0. The van der Waals surface area contributed by atoms with Crippen molar-refractivity contribution < 1.29 is 4.79 Å². The van der Waals surface area contributed by atoms with Crippen molar-refractivity contribution in [1.29, 1.82) is 0 Å². The minimum absolute atomic E-state index is 0.297. The lowest BCUT2D eigenvalue weighted by molar-refractivity contribution is -0.124. The van der Waals surface area contributed by atoms with Gasteiger partial charge in [-0.1, -0.05) is 12.8 Å². The van der Waals surface area contributed by atoms with Crippen molar-refractivity contribution in [1.82, 2.24) is 4.90 Å². The van der Waals surface area contributed by atoms with Gasteiger partial charge in [0.1, 0.15) is 0 Å². The van der Waals surface area contributed by atoms with Crippen molar-refractivity contribution in [3.8, 4) is 0 Å². The van der Waals surface area contributed by atoms with Crippen LogP contribution in [0.4, 0.5) is 0 Å². The number of nitrogens with zero attached hydrogens (tertiary/aromatic N) is 1. The summed E-state index contributed by atoms with van der Waals surface area (Å²) in [7, 11) is 0. The smallest absolute Gasteiger partial charge is 0.237 e. The lowest BCUT2D eigenvalue weighted by atomic mass is 9.85. The molecule has 0 aromatic carbocycles. The van der Waals surface area contributed by atoms with E-state index in [1.807, 2.05) is 0 Å². The molecule has 3 fully saturated rings. The Labute approximate surface area is 115 Å². The number of amides is 1. The van der Waals surface area contributed by atoms with E-state index in [9.17, 15) is 4.79 Å². The molecule has 4 atom stereocenters. The fourth-order valence-electron chi connectivity index (χ4n) is 4.68. The van der Waals surface area contributed by atoms with Crippen molar-refractivity contribution in [3.63, 3.8) is 0 Å². The van der Waals surface area contributed by atoms with Gasteiger partial charge in [-0.3, -0.25) is 4.79 Å². The standard InChI is InChI=1S/C15H27N3O/c16-14(19)15(17)7-2-5-13(15)6-8-18-9-11-3-1-4-12(11)10-18/h11-13H,1-10,17H2,(H2,16,19). The lowest BCUT2D eigenvalue weighted by Gasteiger charge is -2.29. The number of carbonyl (C=O) groups excluding carboxylic acids is 1. The molecule has 108 valence electrons. The van der Waals surface area contributed by atoms with Gasteiger partial charge < -0.3 is 16.4 Å². The summed E-state index contributed by atoms with van der Waals surface area (Å²) >= 11 is 0. The molecule has 1 amide bonds. The Morgan fingerprint density at radius 2 is 1.84 bits per heavy atom. The minimum Gasteiger partial charge on any atom is -0.368 e. The first-order chi connectivity index (χ1) is 9.09. The second-order valence-electron chi connectivity index (χ2n) is 6.99. The summed E-state index contributed by atoms with van der Waals surface area (Å²) in [6, 6.07) is 0. The molecule has 0 radical (unpaired) electrons.